The lowest BCUT2D eigenvalue weighted by molar-refractivity contribution is -0.120. The summed E-state index contributed by atoms with van der Waals surface area (Å²) in [4.78, 5) is 11.6. The van der Waals surface area contributed by atoms with Crippen LogP contribution in [0.3, 0.4) is 0 Å². The molecule has 1 heterocycles. The fraction of sp³-hybridized carbons (Fsp3) is 0.818. The van der Waals surface area contributed by atoms with E-state index in [9.17, 15) is 4.79 Å². The lowest BCUT2D eigenvalue weighted by Gasteiger charge is -2.19. The smallest absolute Gasteiger partial charge is 0.168 e. The molecule has 0 saturated carbocycles. The van der Waals surface area contributed by atoms with Gasteiger partial charge in [0.25, 0.3) is 0 Å². The molecule has 90 valence electrons. The molecule has 1 rings (SSSR count). The first-order chi connectivity index (χ1) is 7.60. The molecule has 0 aliphatic carbocycles. The van der Waals surface area contributed by atoms with E-state index in [0.717, 1.165) is 6.54 Å². The lowest BCUT2D eigenvalue weighted by atomic mass is 9.94. The molecule has 0 spiro atoms. The van der Waals surface area contributed by atoms with E-state index in [2.05, 4.69) is 36.1 Å². The summed E-state index contributed by atoms with van der Waals surface area (Å²) in [6.07, 6.45) is 0.973. The van der Waals surface area contributed by atoms with Gasteiger partial charge in [0.15, 0.2) is 11.3 Å². The number of carbonyl (C=O) groups excluding carboxylic acids is 1. The van der Waals surface area contributed by atoms with E-state index in [1.807, 2.05) is 0 Å². The molecule has 1 atom stereocenters. The first kappa shape index (κ1) is 13.1. The Hall–Kier alpha value is -0.960. The van der Waals surface area contributed by atoms with Crippen molar-refractivity contribution in [1.29, 1.82) is 5.26 Å². The Balaban J connectivity index is 2.25. The molecular formula is C11H20N4O. The maximum absolute atomic E-state index is 11.6. The first-order valence-electron chi connectivity index (χ1n) is 5.76. The minimum atomic E-state index is -0.952. The second kappa shape index (κ2) is 5.94. The van der Waals surface area contributed by atoms with E-state index >= 15 is 0 Å². The van der Waals surface area contributed by atoms with Gasteiger partial charge in [0.2, 0.25) is 0 Å². The quantitative estimate of drug-likeness (QED) is 0.435. The van der Waals surface area contributed by atoms with Gasteiger partial charge in [0, 0.05) is 32.5 Å². The van der Waals surface area contributed by atoms with Crippen molar-refractivity contribution in [3.63, 3.8) is 0 Å². The van der Waals surface area contributed by atoms with Crippen LogP contribution in [0, 0.1) is 17.2 Å². The SMILES string of the molecule is CC(C)CNNCCC1(C#N)NCCC1=O. The summed E-state index contributed by atoms with van der Waals surface area (Å²) in [7, 11) is 0. The zero-order valence-electron chi connectivity index (χ0n) is 9.97. The van der Waals surface area contributed by atoms with Crippen molar-refractivity contribution in [3.8, 4) is 6.07 Å². The molecule has 1 unspecified atom stereocenters. The highest BCUT2D eigenvalue weighted by molar-refractivity contribution is 5.93. The zero-order chi connectivity index (χ0) is 12.0. The maximum atomic E-state index is 11.6. The zero-order valence-corrected chi connectivity index (χ0v) is 9.97. The van der Waals surface area contributed by atoms with Crippen LogP contribution in [-0.4, -0.2) is 31.0 Å². The highest BCUT2D eigenvalue weighted by Gasteiger charge is 2.41. The molecular weight excluding hydrogens is 204 g/mol. The molecule has 0 amide bonds. The molecule has 1 aliphatic heterocycles. The number of nitrogens with one attached hydrogen (secondary N) is 3. The van der Waals surface area contributed by atoms with Crippen LogP contribution < -0.4 is 16.2 Å². The topological polar surface area (TPSA) is 76.9 Å². The molecule has 5 nitrogen and oxygen atoms in total. The Kier molecular flexibility index (Phi) is 4.87. The van der Waals surface area contributed by atoms with Gasteiger partial charge < -0.3 is 0 Å². The minimum absolute atomic E-state index is 0.0145. The van der Waals surface area contributed by atoms with Crippen molar-refractivity contribution in [2.24, 2.45) is 5.92 Å². The number of carbonyl (C=O) groups is 1. The molecule has 16 heavy (non-hydrogen) atoms. The van der Waals surface area contributed by atoms with Crippen LogP contribution in [-0.2, 0) is 4.79 Å². The predicted octanol–water partition coefficient (Wildman–Crippen LogP) is -0.0485. The Morgan fingerprint density at radius 3 is 2.81 bits per heavy atom. The summed E-state index contributed by atoms with van der Waals surface area (Å²) < 4.78 is 0. The second-order valence-electron chi connectivity index (χ2n) is 4.57. The van der Waals surface area contributed by atoms with Crippen molar-refractivity contribution in [2.75, 3.05) is 19.6 Å². The fourth-order valence-electron chi connectivity index (χ4n) is 1.70. The van der Waals surface area contributed by atoms with E-state index in [1.165, 1.54) is 0 Å². The largest absolute Gasteiger partial charge is 0.296 e. The molecule has 0 radical (unpaired) electrons. The fourth-order valence-corrected chi connectivity index (χ4v) is 1.70. The molecule has 0 aromatic rings. The van der Waals surface area contributed by atoms with E-state index in [4.69, 9.17) is 5.26 Å². The van der Waals surface area contributed by atoms with Crippen molar-refractivity contribution in [1.82, 2.24) is 16.2 Å². The van der Waals surface area contributed by atoms with Gasteiger partial charge in [-0.05, 0) is 5.92 Å². The van der Waals surface area contributed by atoms with Crippen LogP contribution in [0.15, 0.2) is 0 Å². The number of ketones is 1. The Bertz CT molecular complexity index is 284. The third-order valence-corrected chi connectivity index (χ3v) is 2.71. The molecule has 0 bridgehead atoms. The number of nitriles is 1. The highest BCUT2D eigenvalue weighted by Crippen LogP contribution is 2.17. The molecule has 0 aromatic carbocycles. The van der Waals surface area contributed by atoms with Crippen LogP contribution in [0.25, 0.3) is 0 Å². The first-order valence-corrected chi connectivity index (χ1v) is 5.76. The third-order valence-electron chi connectivity index (χ3n) is 2.71. The average molecular weight is 224 g/mol. The molecule has 1 aliphatic rings. The van der Waals surface area contributed by atoms with Crippen LogP contribution in [0.2, 0.25) is 0 Å². The van der Waals surface area contributed by atoms with Gasteiger partial charge in [-0.1, -0.05) is 13.8 Å². The predicted molar refractivity (Wildman–Crippen MR) is 61.4 cm³/mol. The molecule has 1 fully saturated rings. The van der Waals surface area contributed by atoms with Crippen LogP contribution in [0.4, 0.5) is 0 Å². The van der Waals surface area contributed by atoms with Gasteiger partial charge in [-0.15, -0.1) is 0 Å². The van der Waals surface area contributed by atoms with Crippen LogP contribution in [0.1, 0.15) is 26.7 Å². The summed E-state index contributed by atoms with van der Waals surface area (Å²) in [5.74, 6) is 0.587. The van der Waals surface area contributed by atoms with Crippen LogP contribution >= 0.6 is 0 Å². The average Bonchev–Trinajstić information content (AvgIpc) is 2.60. The number of Topliss-reactive ketones (excluding diaryl/α,β-unsaturated/α-hetero) is 1. The normalized spacial score (nSPS) is 25.0. The number of hydrazine groups is 1. The van der Waals surface area contributed by atoms with Crippen molar-refractivity contribution in [3.05, 3.63) is 0 Å². The number of hydrogen-bond donors (Lipinski definition) is 3. The summed E-state index contributed by atoms with van der Waals surface area (Å²) >= 11 is 0. The van der Waals surface area contributed by atoms with Crippen molar-refractivity contribution in [2.45, 2.75) is 32.2 Å². The Labute approximate surface area is 96.6 Å². The lowest BCUT2D eigenvalue weighted by Crippen LogP contribution is -2.47. The molecule has 3 N–H and O–H groups in total. The van der Waals surface area contributed by atoms with E-state index in [0.29, 0.717) is 31.8 Å². The molecule has 0 aromatic heterocycles. The summed E-state index contributed by atoms with van der Waals surface area (Å²) in [5, 5.41) is 12.0. The monoisotopic (exact) mass is 224 g/mol. The van der Waals surface area contributed by atoms with Gasteiger partial charge in [0.1, 0.15) is 0 Å². The van der Waals surface area contributed by atoms with E-state index in [-0.39, 0.29) is 5.78 Å². The third kappa shape index (κ3) is 3.27. The highest BCUT2D eigenvalue weighted by atomic mass is 16.1. The van der Waals surface area contributed by atoms with Gasteiger partial charge in [-0.25, -0.2) is 0 Å². The van der Waals surface area contributed by atoms with Gasteiger partial charge in [-0.3, -0.25) is 21.0 Å². The summed E-state index contributed by atoms with van der Waals surface area (Å²) in [6, 6.07) is 2.10. The standard InChI is InChI=1S/C11H20N4O/c1-9(2)7-15-14-6-4-11(8-12)10(16)3-5-13-11/h9,13-15H,3-7H2,1-2H3. The summed E-state index contributed by atoms with van der Waals surface area (Å²) in [6.45, 7) is 6.34. The minimum Gasteiger partial charge on any atom is -0.296 e. The number of nitrogens with zero attached hydrogens (tertiary/aromatic N) is 1. The van der Waals surface area contributed by atoms with Gasteiger partial charge in [-0.2, -0.15) is 5.26 Å². The summed E-state index contributed by atoms with van der Waals surface area (Å²) in [5.41, 5.74) is 5.14. The molecule has 5 heteroatoms. The second-order valence-corrected chi connectivity index (χ2v) is 4.57. The van der Waals surface area contributed by atoms with Crippen molar-refractivity contribution >= 4 is 5.78 Å². The van der Waals surface area contributed by atoms with E-state index < -0.39 is 5.54 Å². The molecule has 1 saturated heterocycles. The van der Waals surface area contributed by atoms with E-state index in [1.54, 1.807) is 0 Å². The Morgan fingerprint density at radius 1 is 1.56 bits per heavy atom. The van der Waals surface area contributed by atoms with Gasteiger partial charge in [0.05, 0.1) is 6.07 Å². The number of rotatable bonds is 6. The Morgan fingerprint density at radius 2 is 2.31 bits per heavy atom. The van der Waals surface area contributed by atoms with Crippen LogP contribution in [0.5, 0.6) is 0 Å². The van der Waals surface area contributed by atoms with Crippen molar-refractivity contribution < 1.29 is 4.79 Å². The maximum Gasteiger partial charge on any atom is 0.168 e. The number of hydrogen-bond acceptors (Lipinski definition) is 5. The van der Waals surface area contributed by atoms with Gasteiger partial charge >= 0.3 is 0 Å².